The van der Waals surface area contributed by atoms with Crippen molar-refractivity contribution >= 4 is 17.5 Å². The Morgan fingerprint density at radius 3 is 2.68 bits per heavy atom. The van der Waals surface area contributed by atoms with Crippen molar-refractivity contribution in [2.24, 2.45) is 5.92 Å². The lowest BCUT2D eigenvalue weighted by Gasteiger charge is -2.18. The Kier molecular flexibility index (Phi) is 5.72. The lowest BCUT2D eigenvalue weighted by Crippen LogP contribution is -2.34. The van der Waals surface area contributed by atoms with E-state index in [1.807, 2.05) is 42.5 Å². The molecular formula is C22H22ClN3O2. The molecule has 144 valence electrons. The van der Waals surface area contributed by atoms with Gasteiger partial charge in [-0.05, 0) is 30.5 Å². The number of rotatable bonds is 6. The van der Waals surface area contributed by atoms with Crippen LogP contribution in [0.25, 0.3) is 11.4 Å². The average Bonchev–Trinajstić information content (AvgIpc) is 3.41. The topological polar surface area (TPSA) is 68.0 Å². The highest BCUT2D eigenvalue weighted by Crippen LogP contribution is 2.27. The van der Waals surface area contributed by atoms with Gasteiger partial charge in [-0.2, -0.15) is 4.98 Å². The van der Waals surface area contributed by atoms with Crippen molar-refractivity contribution in [2.75, 3.05) is 0 Å². The Morgan fingerprint density at radius 1 is 1.14 bits per heavy atom. The van der Waals surface area contributed by atoms with Gasteiger partial charge in [-0.1, -0.05) is 72.1 Å². The van der Waals surface area contributed by atoms with Gasteiger partial charge < -0.3 is 9.84 Å². The Labute approximate surface area is 169 Å². The quantitative estimate of drug-likeness (QED) is 0.639. The number of hydrogen-bond acceptors (Lipinski definition) is 4. The maximum absolute atomic E-state index is 12.7. The number of benzene rings is 2. The predicted octanol–water partition coefficient (Wildman–Crippen LogP) is 4.98. The highest BCUT2D eigenvalue weighted by molar-refractivity contribution is 6.30. The van der Waals surface area contributed by atoms with Crippen LogP contribution in [0, 0.1) is 5.92 Å². The van der Waals surface area contributed by atoms with Crippen molar-refractivity contribution in [1.29, 1.82) is 0 Å². The molecule has 0 radical (unpaired) electrons. The molecule has 1 heterocycles. The lowest BCUT2D eigenvalue weighted by atomic mass is 10.0. The van der Waals surface area contributed by atoms with Crippen LogP contribution in [0.5, 0.6) is 0 Å². The van der Waals surface area contributed by atoms with Gasteiger partial charge in [-0.15, -0.1) is 0 Å². The number of carbonyl (C=O) groups excluding carboxylic acids is 1. The second-order valence-electron chi connectivity index (χ2n) is 7.20. The summed E-state index contributed by atoms with van der Waals surface area (Å²) in [5.41, 5.74) is 1.88. The second-order valence-corrected chi connectivity index (χ2v) is 7.64. The first-order valence-electron chi connectivity index (χ1n) is 9.63. The first-order valence-corrected chi connectivity index (χ1v) is 10.0. The Hall–Kier alpha value is -2.66. The smallest absolute Gasteiger partial charge is 0.249 e. The molecule has 0 unspecified atom stereocenters. The van der Waals surface area contributed by atoms with Crippen LogP contribution in [-0.2, 0) is 11.2 Å². The highest BCUT2D eigenvalue weighted by Gasteiger charge is 2.28. The fourth-order valence-corrected chi connectivity index (χ4v) is 3.84. The molecule has 28 heavy (non-hydrogen) atoms. The fourth-order valence-electron chi connectivity index (χ4n) is 3.65. The van der Waals surface area contributed by atoms with E-state index in [9.17, 15) is 4.79 Å². The third-order valence-electron chi connectivity index (χ3n) is 5.15. The largest absolute Gasteiger partial charge is 0.344 e. The lowest BCUT2D eigenvalue weighted by molar-refractivity contribution is -0.125. The molecule has 1 amide bonds. The Morgan fingerprint density at radius 2 is 1.93 bits per heavy atom. The fraction of sp³-hybridized carbons (Fsp3) is 0.318. The molecule has 1 atom stereocenters. The first kappa shape index (κ1) is 18.7. The van der Waals surface area contributed by atoms with Crippen molar-refractivity contribution in [1.82, 2.24) is 15.5 Å². The van der Waals surface area contributed by atoms with E-state index in [0.717, 1.165) is 36.8 Å². The molecule has 1 fully saturated rings. The number of halogens is 1. The summed E-state index contributed by atoms with van der Waals surface area (Å²) in [5.74, 6) is 1.02. The number of nitrogens with one attached hydrogen (secondary N) is 1. The zero-order valence-corrected chi connectivity index (χ0v) is 16.2. The maximum Gasteiger partial charge on any atom is 0.249 e. The summed E-state index contributed by atoms with van der Waals surface area (Å²) in [4.78, 5) is 17.3. The van der Waals surface area contributed by atoms with Crippen molar-refractivity contribution < 1.29 is 9.32 Å². The molecular weight excluding hydrogens is 374 g/mol. The zero-order chi connectivity index (χ0) is 19.3. The van der Waals surface area contributed by atoms with Crippen LogP contribution in [-0.4, -0.2) is 16.0 Å². The molecule has 1 aliphatic carbocycles. The van der Waals surface area contributed by atoms with Gasteiger partial charge in [0.1, 0.15) is 6.04 Å². The minimum absolute atomic E-state index is 0.0703. The van der Waals surface area contributed by atoms with Crippen molar-refractivity contribution in [2.45, 2.75) is 38.1 Å². The number of hydrogen-bond donors (Lipinski definition) is 1. The highest BCUT2D eigenvalue weighted by atomic mass is 35.5. The molecule has 0 aliphatic heterocycles. The van der Waals surface area contributed by atoms with Crippen molar-refractivity contribution in [3.8, 4) is 11.4 Å². The molecule has 0 saturated heterocycles. The minimum Gasteiger partial charge on any atom is -0.344 e. The number of carbonyl (C=O) groups is 1. The van der Waals surface area contributed by atoms with E-state index in [1.54, 1.807) is 12.1 Å². The molecule has 1 saturated carbocycles. The number of amides is 1. The van der Waals surface area contributed by atoms with Gasteiger partial charge >= 0.3 is 0 Å². The third kappa shape index (κ3) is 4.42. The average molecular weight is 396 g/mol. The molecule has 3 aromatic rings. The monoisotopic (exact) mass is 395 g/mol. The number of aromatic nitrogens is 2. The van der Waals surface area contributed by atoms with Gasteiger partial charge in [-0.25, -0.2) is 0 Å². The van der Waals surface area contributed by atoms with Gasteiger partial charge in [0, 0.05) is 22.9 Å². The van der Waals surface area contributed by atoms with Gasteiger partial charge in [0.2, 0.25) is 17.6 Å². The van der Waals surface area contributed by atoms with Crippen molar-refractivity contribution in [3.05, 3.63) is 71.1 Å². The second kappa shape index (κ2) is 8.57. The molecule has 0 spiro atoms. The maximum atomic E-state index is 12.7. The summed E-state index contributed by atoms with van der Waals surface area (Å²) in [7, 11) is 0. The van der Waals surface area contributed by atoms with Crippen molar-refractivity contribution in [3.63, 3.8) is 0 Å². The van der Waals surface area contributed by atoms with E-state index < -0.39 is 0 Å². The third-order valence-corrected chi connectivity index (χ3v) is 5.38. The van der Waals surface area contributed by atoms with E-state index in [4.69, 9.17) is 16.1 Å². The van der Waals surface area contributed by atoms with Crippen LogP contribution in [0.3, 0.4) is 0 Å². The van der Waals surface area contributed by atoms with E-state index in [0.29, 0.717) is 23.2 Å². The molecule has 2 aromatic carbocycles. The van der Waals surface area contributed by atoms with E-state index in [-0.39, 0.29) is 17.9 Å². The molecule has 0 bridgehead atoms. The predicted molar refractivity (Wildman–Crippen MR) is 108 cm³/mol. The van der Waals surface area contributed by atoms with E-state index in [1.165, 1.54) is 0 Å². The summed E-state index contributed by atoms with van der Waals surface area (Å²) in [6.45, 7) is 0. The standard InChI is InChI=1S/C22H22ClN3O2/c23-18-12-6-11-17(14-18)20-25-22(28-26-20)19(13-15-7-2-1-3-8-15)24-21(27)16-9-4-5-10-16/h1-3,6-8,11-12,14,16,19H,4-5,9-10,13H2,(H,24,27)/t19-/m1/s1. The zero-order valence-electron chi connectivity index (χ0n) is 15.5. The normalized spacial score (nSPS) is 15.5. The van der Waals surface area contributed by atoms with Crippen LogP contribution < -0.4 is 5.32 Å². The molecule has 1 aliphatic rings. The summed E-state index contributed by atoms with van der Waals surface area (Å²) >= 11 is 6.07. The van der Waals surface area contributed by atoms with Gasteiger partial charge in [0.25, 0.3) is 0 Å². The molecule has 1 N–H and O–H groups in total. The Balaban J connectivity index is 1.58. The van der Waals surface area contributed by atoms with E-state index >= 15 is 0 Å². The molecule has 5 nitrogen and oxygen atoms in total. The van der Waals surface area contributed by atoms with Crippen LogP contribution in [0.1, 0.15) is 43.2 Å². The van der Waals surface area contributed by atoms with Crippen LogP contribution in [0.2, 0.25) is 5.02 Å². The Bertz CT molecular complexity index is 936. The summed E-state index contributed by atoms with van der Waals surface area (Å²) in [6.07, 6.45) is 4.71. The molecule has 4 rings (SSSR count). The van der Waals surface area contributed by atoms with Gasteiger partial charge in [-0.3, -0.25) is 4.79 Å². The summed E-state index contributed by atoms with van der Waals surface area (Å²) in [6, 6.07) is 16.9. The SMILES string of the molecule is O=C(N[C@H](Cc1ccccc1)c1nc(-c2cccc(Cl)c2)no1)C1CCCC1. The summed E-state index contributed by atoms with van der Waals surface area (Å²) < 4.78 is 5.54. The van der Waals surface area contributed by atoms with Gasteiger partial charge in [0.15, 0.2) is 0 Å². The summed E-state index contributed by atoms with van der Waals surface area (Å²) in [5, 5.41) is 7.85. The first-order chi connectivity index (χ1) is 13.7. The van der Waals surface area contributed by atoms with Crippen LogP contribution in [0.4, 0.5) is 0 Å². The minimum atomic E-state index is -0.365. The van der Waals surface area contributed by atoms with Gasteiger partial charge in [0.05, 0.1) is 0 Å². The van der Waals surface area contributed by atoms with Crippen LogP contribution >= 0.6 is 11.6 Å². The number of nitrogens with zero attached hydrogens (tertiary/aromatic N) is 2. The molecule has 6 heteroatoms. The van der Waals surface area contributed by atoms with Crippen LogP contribution in [0.15, 0.2) is 59.1 Å². The van der Waals surface area contributed by atoms with E-state index in [2.05, 4.69) is 15.5 Å². The molecule has 1 aromatic heterocycles.